The molecule has 2 unspecified atom stereocenters. The standard InChI is InChI=1S/C13H26N2O/c1-4-11-6-5-7-12(11)14-9-8-13(16)15-10(2)3/h10-12,14H,4-9H2,1-3H3,(H,15,16). The molecule has 1 saturated carbocycles. The summed E-state index contributed by atoms with van der Waals surface area (Å²) in [6.45, 7) is 7.07. The van der Waals surface area contributed by atoms with E-state index in [-0.39, 0.29) is 11.9 Å². The van der Waals surface area contributed by atoms with E-state index >= 15 is 0 Å². The molecular formula is C13H26N2O. The van der Waals surface area contributed by atoms with E-state index in [2.05, 4.69) is 17.6 Å². The average Bonchev–Trinajstić information content (AvgIpc) is 2.64. The first-order valence-electron chi connectivity index (χ1n) is 6.66. The van der Waals surface area contributed by atoms with Gasteiger partial charge in [-0.2, -0.15) is 0 Å². The number of carbonyl (C=O) groups excluding carboxylic acids is 1. The maximum Gasteiger partial charge on any atom is 0.221 e. The van der Waals surface area contributed by atoms with Crippen molar-refractivity contribution in [1.29, 1.82) is 0 Å². The van der Waals surface area contributed by atoms with Crippen molar-refractivity contribution in [2.75, 3.05) is 6.54 Å². The van der Waals surface area contributed by atoms with Gasteiger partial charge in [0.2, 0.25) is 5.91 Å². The van der Waals surface area contributed by atoms with Gasteiger partial charge in [-0.15, -0.1) is 0 Å². The highest BCUT2D eigenvalue weighted by Crippen LogP contribution is 2.27. The summed E-state index contributed by atoms with van der Waals surface area (Å²) in [4.78, 5) is 11.4. The number of rotatable bonds is 6. The lowest BCUT2D eigenvalue weighted by atomic mass is 10.0. The van der Waals surface area contributed by atoms with E-state index in [0.29, 0.717) is 12.5 Å². The Balaban J connectivity index is 2.12. The van der Waals surface area contributed by atoms with Crippen LogP contribution in [0.5, 0.6) is 0 Å². The van der Waals surface area contributed by atoms with Crippen molar-refractivity contribution in [2.45, 2.75) is 65.0 Å². The summed E-state index contributed by atoms with van der Waals surface area (Å²) in [6.07, 6.45) is 5.84. The summed E-state index contributed by atoms with van der Waals surface area (Å²) in [5.41, 5.74) is 0. The van der Waals surface area contributed by atoms with Crippen LogP contribution in [0.2, 0.25) is 0 Å². The van der Waals surface area contributed by atoms with Crippen molar-refractivity contribution < 1.29 is 4.79 Å². The van der Waals surface area contributed by atoms with Crippen LogP contribution in [0.25, 0.3) is 0 Å². The molecule has 0 saturated heterocycles. The van der Waals surface area contributed by atoms with Gasteiger partial charge in [0.1, 0.15) is 0 Å². The quantitative estimate of drug-likeness (QED) is 0.728. The highest BCUT2D eigenvalue weighted by molar-refractivity contribution is 5.76. The third-order valence-corrected chi connectivity index (χ3v) is 3.39. The zero-order valence-electron chi connectivity index (χ0n) is 10.9. The second-order valence-electron chi connectivity index (χ2n) is 5.13. The third-order valence-electron chi connectivity index (χ3n) is 3.39. The second kappa shape index (κ2) is 6.89. The van der Waals surface area contributed by atoms with Gasteiger partial charge in [0.25, 0.3) is 0 Å². The predicted octanol–water partition coefficient (Wildman–Crippen LogP) is 2.07. The van der Waals surface area contributed by atoms with Crippen LogP contribution >= 0.6 is 0 Å². The van der Waals surface area contributed by atoms with Crippen LogP contribution in [0.1, 0.15) is 52.9 Å². The van der Waals surface area contributed by atoms with Gasteiger partial charge in [-0.25, -0.2) is 0 Å². The minimum Gasteiger partial charge on any atom is -0.354 e. The maximum atomic E-state index is 11.4. The molecule has 1 aliphatic rings. The van der Waals surface area contributed by atoms with Gasteiger partial charge in [0, 0.05) is 25.0 Å². The molecule has 0 aromatic heterocycles. The molecule has 0 aromatic rings. The Morgan fingerprint density at radius 2 is 2.12 bits per heavy atom. The van der Waals surface area contributed by atoms with Crippen LogP contribution in [-0.4, -0.2) is 24.5 Å². The fraction of sp³-hybridized carbons (Fsp3) is 0.923. The highest BCUT2D eigenvalue weighted by Gasteiger charge is 2.24. The summed E-state index contributed by atoms with van der Waals surface area (Å²) >= 11 is 0. The van der Waals surface area contributed by atoms with E-state index in [1.807, 2.05) is 13.8 Å². The molecule has 0 spiro atoms. The Morgan fingerprint density at radius 1 is 1.38 bits per heavy atom. The van der Waals surface area contributed by atoms with Crippen molar-refractivity contribution in [3.05, 3.63) is 0 Å². The lowest BCUT2D eigenvalue weighted by Crippen LogP contribution is -2.37. The monoisotopic (exact) mass is 226 g/mol. The van der Waals surface area contributed by atoms with E-state index in [4.69, 9.17) is 0 Å². The van der Waals surface area contributed by atoms with Gasteiger partial charge in [0.05, 0.1) is 0 Å². The largest absolute Gasteiger partial charge is 0.354 e. The van der Waals surface area contributed by atoms with Crippen molar-refractivity contribution >= 4 is 5.91 Å². The van der Waals surface area contributed by atoms with Gasteiger partial charge in [-0.05, 0) is 32.6 Å². The molecule has 1 amide bonds. The molecule has 0 aromatic carbocycles. The highest BCUT2D eigenvalue weighted by atomic mass is 16.1. The first-order chi connectivity index (χ1) is 7.63. The van der Waals surface area contributed by atoms with Crippen LogP contribution in [-0.2, 0) is 4.79 Å². The first kappa shape index (κ1) is 13.5. The normalized spacial score (nSPS) is 25.0. The average molecular weight is 226 g/mol. The molecule has 94 valence electrons. The minimum atomic E-state index is 0.161. The van der Waals surface area contributed by atoms with Gasteiger partial charge in [-0.3, -0.25) is 4.79 Å². The maximum absolute atomic E-state index is 11.4. The van der Waals surface area contributed by atoms with E-state index in [1.165, 1.54) is 25.7 Å². The summed E-state index contributed by atoms with van der Waals surface area (Å²) in [5, 5.41) is 6.44. The zero-order chi connectivity index (χ0) is 12.0. The fourth-order valence-electron chi connectivity index (χ4n) is 2.56. The van der Waals surface area contributed by atoms with Crippen molar-refractivity contribution in [1.82, 2.24) is 10.6 Å². The molecule has 0 bridgehead atoms. The Morgan fingerprint density at radius 3 is 2.75 bits per heavy atom. The number of hydrogen-bond acceptors (Lipinski definition) is 2. The molecule has 1 aliphatic carbocycles. The molecule has 2 atom stereocenters. The molecule has 3 heteroatoms. The minimum absolute atomic E-state index is 0.161. The van der Waals surface area contributed by atoms with Gasteiger partial charge >= 0.3 is 0 Å². The smallest absolute Gasteiger partial charge is 0.221 e. The zero-order valence-corrected chi connectivity index (χ0v) is 10.9. The Hall–Kier alpha value is -0.570. The predicted molar refractivity (Wildman–Crippen MR) is 67.3 cm³/mol. The van der Waals surface area contributed by atoms with Crippen molar-refractivity contribution in [3.63, 3.8) is 0 Å². The van der Waals surface area contributed by atoms with Crippen LogP contribution in [0.15, 0.2) is 0 Å². The molecule has 2 N–H and O–H groups in total. The summed E-state index contributed by atoms with van der Waals surface area (Å²) < 4.78 is 0. The Bertz CT molecular complexity index is 216. The molecule has 3 nitrogen and oxygen atoms in total. The van der Waals surface area contributed by atoms with E-state index in [0.717, 1.165) is 12.5 Å². The Kier molecular flexibility index (Phi) is 5.81. The lowest BCUT2D eigenvalue weighted by Gasteiger charge is -2.19. The molecule has 1 rings (SSSR count). The molecule has 0 radical (unpaired) electrons. The van der Waals surface area contributed by atoms with Crippen LogP contribution in [0.3, 0.4) is 0 Å². The van der Waals surface area contributed by atoms with E-state index in [1.54, 1.807) is 0 Å². The molecule has 0 heterocycles. The first-order valence-corrected chi connectivity index (χ1v) is 6.66. The third kappa shape index (κ3) is 4.52. The van der Waals surface area contributed by atoms with E-state index in [9.17, 15) is 4.79 Å². The summed E-state index contributed by atoms with van der Waals surface area (Å²) in [5.74, 6) is 0.988. The van der Waals surface area contributed by atoms with Crippen LogP contribution < -0.4 is 10.6 Å². The summed E-state index contributed by atoms with van der Waals surface area (Å²) in [6, 6.07) is 0.902. The molecule has 0 aliphatic heterocycles. The molecule has 16 heavy (non-hydrogen) atoms. The number of nitrogens with one attached hydrogen (secondary N) is 2. The summed E-state index contributed by atoms with van der Waals surface area (Å²) in [7, 11) is 0. The Labute approximate surface area is 99.4 Å². The van der Waals surface area contributed by atoms with Gasteiger partial charge in [0.15, 0.2) is 0 Å². The van der Waals surface area contributed by atoms with Crippen molar-refractivity contribution in [2.24, 2.45) is 5.92 Å². The number of carbonyl (C=O) groups is 1. The van der Waals surface area contributed by atoms with Gasteiger partial charge < -0.3 is 10.6 Å². The fourth-order valence-corrected chi connectivity index (χ4v) is 2.56. The van der Waals surface area contributed by atoms with Crippen molar-refractivity contribution in [3.8, 4) is 0 Å². The SMILES string of the molecule is CCC1CCCC1NCCC(=O)NC(C)C. The molecule has 1 fully saturated rings. The molecular weight excluding hydrogens is 200 g/mol. The van der Waals surface area contributed by atoms with Crippen LogP contribution in [0, 0.1) is 5.92 Å². The number of amides is 1. The number of hydrogen-bond donors (Lipinski definition) is 2. The second-order valence-corrected chi connectivity index (χ2v) is 5.13. The lowest BCUT2D eigenvalue weighted by molar-refractivity contribution is -0.121. The van der Waals surface area contributed by atoms with Crippen LogP contribution in [0.4, 0.5) is 0 Å². The topological polar surface area (TPSA) is 41.1 Å². The van der Waals surface area contributed by atoms with Gasteiger partial charge in [-0.1, -0.05) is 19.8 Å². The van der Waals surface area contributed by atoms with E-state index < -0.39 is 0 Å².